The summed E-state index contributed by atoms with van der Waals surface area (Å²) in [6.45, 7) is 3.74. The van der Waals surface area contributed by atoms with Gasteiger partial charge in [0.2, 0.25) is 0 Å². The first-order valence-electron chi connectivity index (χ1n) is 6.70. The standard InChI is InChI=1S/C17H16N2O2/c1-11-9-14(10-12(2)17(11)21)19-8-7-16(18-19)13-3-5-15(20)6-4-13/h3-10,20-21H,1-2H3. The second-order valence-corrected chi connectivity index (χ2v) is 5.12. The van der Waals surface area contributed by atoms with E-state index in [0.717, 1.165) is 28.1 Å². The summed E-state index contributed by atoms with van der Waals surface area (Å²) in [6, 6.07) is 12.7. The summed E-state index contributed by atoms with van der Waals surface area (Å²) in [7, 11) is 0. The van der Waals surface area contributed by atoms with E-state index in [1.165, 1.54) is 0 Å². The van der Waals surface area contributed by atoms with Crippen LogP contribution >= 0.6 is 0 Å². The van der Waals surface area contributed by atoms with Crippen LogP contribution in [0.4, 0.5) is 0 Å². The molecule has 106 valence electrons. The monoisotopic (exact) mass is 280 g/mol. The maximum Gasteiger partial charge on any atom is 0.121 e. The second kappa shape index (κ2) is 4.98. The van der Waals surface area contributed by atoms with Gasteiger partial charge < -0.3 is 10.2 Å². The number of rotatable bonds is 2. The van der Waals surface area contributed by atoms with Gasteiger partial charge >= 0.3 is 0 Å². The molecular formula is C17H16N2O2. The molecular weight excluding hydrogens is 264 g/mol. The van der Waals surface area contributed by atoms with Gasteiger partial charge in [0.1, 0.15) is 11.5 Å². The van der Waals surface area contributed by atoms with Crippen LogP contribution in [0.25, 0.3) is 16.9 Å². The first-order chi connectivity index (χ1) is 10.0. The largest absolute Gasteiger partial charge is 0.508 e. The predicted molar refractivity (Wildman–Crippen MR) is 81.8 cm³/mol. The Morgan fingerprint density at radius 2 is 1.52 bits per heavy atom. The van der Waals surface area contributed by atoms with Gasteiger partial charge in [-0.05, 0) is 67.4 Å². The summed E-state index contributed by atoms with van der Waals surface area (Å²) < 4.78 is 1.78. The number of hydrogen-bond acceptors (Lipinski definition) is 3. The highest BCUT2D eigenvalue weighted by Crippen LogP contribution is 2.26. The van der Waals surface area contributed by atoms with Gasteiger partial charge in [0, 0.05) is 11.8 Å². The Morgan fingerprint density at radius 1 is 0.905 bits per heavy atom. The first kappa shape index (κ1) is 13.2. The molecule has 0 amide bonds. The van der Waals surface area contributed by atoms with E-state index in [9.17, 15) is 10.2 Å². The van der Waals surface area contributed by atoms with E-state index in [-0.39, 0.29) is 5.75 Å². The van der Waals surface area contributed by atoms with Crippen molar-refractivity contribution < 1.29 is 10.2 Å². The smallest absolute Gasteiger partial charge is 0.121 e. The van der Waals surface area contributed by atoms with Gasteiger partial charge in [-0.15, -0.1) is 0 Å². The van der Waals surface area contributed by atoms with E-state index in [1.54, 1.807) is 16.8 Å². The van der Waals surface area contributed by atoms with Crippen molar-refractivity contribution in [2.45, 2.75) is 13.8 Å². The molecule has 4 nitrogen and oxygen atoms in total. The minimum absolute atomic E-state index is 0.239. The van der Waals surface area contributed by atoms with Crippen LogP contribution in [0, 0.1) is 13.8 Å². The molecule has 0 saturated carbocycles. The minimum Gasteiger partial charge on any atom is -0.508 e. The average molecular weight is 280 g/mol. The van der Waals surface area contributed by atoms with Crippen molar-refractivity contribution in [3.63, 3.8) is 0 Å². The third kappa shape index (κ3) is 2.48. The number of phenolic OH excluding ortho intramolecular Hbond substituents is 2. The van der Waals surface area contributed by atoms with Crippen molar-refractivity contribution in [2.24, 2.45) is 0 Å². The lowest BCUT2D eigenvalue weighted by Gasteiger charge is -2.07. The van der Waals surface area contributed by atoms with Gasteiger partial charge in [-0.25, -0.2) is 4.68 Å². The molecule has 3 rings (SSSR count). The molecule has 0 unspecified atom stereocenters. The zero-order valence-corrected chi connectivity index (χ0v) is 11.9. The van der Waals surface area contributed by atoms with Crippen LogP contribution in [0.1, 0.15) is 11.1 Å². The lowest BCUT2D eigenvalue weighted by molar-refractivity contribution is 0.466. The van der Waals surface area contributed by atoms with Gasteiger partial charge in [-0.2, -0.15) is 5.10 Å². The Labute approximate surface area is 122 Å². The van der Waals surface area contributed by atoms with Crippen LogP contribution < -0.4 is 0 Å². The van der Waals surface area contributed by atoms with E-state index in [4.69, 9.17) is 0 Å². The number of aryl methyl sites for hydroxylation is 2. The molecule has 2 N–H and O–H groups in total. The number of nitrogens with zero attached hydrogens (tertiary/aromatic N) is 2. The van der Waals surface area contributed by atoms with Gasteiger partial charge in [0.25, 0.3) is 0 Å². The fourth-order valence-corrected chi connectivity index (χ4v) is 2.32. The van der Waals surface area contributed by atoms with Crippen LogP contribution in [-0.4, -0.2) is 20.0 Å². The molecule has 0 aliphatic rings. The van der Waals surface area contributed by atoms with Gasteiger partial charge in [0.05, 0.1) is 11.4 Å². The molecule has 0 bridgehead atoms. The Bertz CT molecular complexity index is 766. The zero-order chi connectivity index (χ0) is 15.0. The van der Waals surface area contributed by atoms with Crippen LogP contribution in [0.15, 0.2) is 48.7 Å². The van der Waals surface area contributed by atoms with Crippen LogP contribution in [0.5, 0.6) is 11.5 Å². The SMILES string of the molecule is Cc1cc(-n2ccc(-c3ccc(O)cc3)n2)cc(C)c1O. The molecule has 3 aromatic rings. The first-order valence-corrected chi connectivity index (χ1v) is 6.70. The van der Waals surface area contributed by atoms with Crippen molar-refractivity contribution in [3.8, 4) is 28.4 Å². The molecule has 21 heavy (non-hydrogen) atoms. The maximum atomic E-state index is 9.83. The summed E-state index contributed by atoms with van der Waals surface area (Å²) in [5.74, 6) is 0.563. The van der Waals surface area contributed by atoms with Crippen molar-refractivity contribution in [2.75, 3.05) is 0 Å². The predicted octanol–water partition coefficient (Wildman–Crippen LogP) is 3.57. The number of phenols is 2. The van der Waals surface area contributed by atoms with E-state index >= 15 is 0 Å². The molecule has 0 spiro atoms. The Morgan fingerprint density at radius 3 is 2.14 bits per heavy atom. The Hall–Kier alpha value is -2.75. The molecule has 0 atom stereocenters. The lowest BCUT2D eigenvalue weighted by Crippen LogP contribution is -1.97. The van der Waals surface area contributed by atoms with Crippen molar-refractivity contribution in [1.29, 1.82) is 0 Å². The van der Waals surface area contributed by atoms with E-state index < -0.39 is 0 Å². The molecule has 0 aliphatic carbocycles. The van der Waals surface area contributed by atoms with E-state index in [1.807, 2.05) is 50.4 Å². The van der Waals surface area contributed by atoms with Gasteiger partial charge in [0.15, 0.2) is 0 Å². The summed E-state index contributed by atoms with van der Waals surface area (Å²) in [4.78, 5) is 0. The van der Waals surface area contributed by atoms with E-state index in [0.29, 0.717) is 5.75 Å². The number of aromatic hydroxyl groups is 2. The summed E-state index contributed by atoms with van der Waals surface area (Å²) in [5.41, 5.74) is 4.34. The lowest BCUT2D eigenvalue weighted by atomic mass is 10.1. The molecule has 1 heterocycles. The third-order valence-corrected chi connectivity index (χ3v) is 3.49. The summed E-state index contributed by atoms with van der Waals surface area (Å²) in [5, 5.41) is 23.7. The fourth-order valence-electron chi connectivity index (χ4n) is 2.32. The zero-order valence-electron chi connectivity index (χ0n) is 11.9. The van der Waals surface area contributed by atoms with Gasteiger partial charge in [-0.3, -0.25) is 0 Å². The average Bonchev–Trinajstić information content (AvgIpc) is 2.95. The number of benzene rings is 2. The quantitative estimate of drug-likeness (QED) is 0.754. The highest BCUT2D eigenvalue weighted by Gasteiger charge is 2.07. The Kier molecular flexibility index (Phi) is 3.14. The van der Waals surface area contributed by atoms with Crippen molar-refractivity contribution in [3.05, 3.63) is 59.8 Å². The molecule has 0 aliphatic heterocycles. The maximum absolute atomic E-state index is 9.83. The Balaban J connectivity index is 2.00. The van der Waals surface area contributed by atoms with Crippen LogP contribution in [0.3, 0.4) is 0 Å². The van der Waals surface area contributed by atoms with Crippen molar-refractivity contribution >= 4 is 0 Å². The van der Waals surface area contributed by atoms with E-state index in [2.05, 4.69) is 5.10 Å². The van der Waals surface area contributed by atoms with Crippen molar-refractivity contribution in [1.82, 2.24) is 9.78 Å². The molecule has 2 aromatic carbocycles. The number of aromatic nitrogens is 2. The molecule has 0 fully saturated rings. The minimum atomic E-state index is 0.239. The normalized spacial score (nSPS) is 10.8. The number of hydrogen-bond donors (Lipinski definition) is 2. The molecule has 4 heteroatoms. The highest BCUT2D eigenvalue weighted by atomic mass is 16.3. The summed E-state index contributed by atoms with van der Waals surface area (Å²) >= 11 is 0. The molecule has 0 saturated heterocycles. The topological polar surface area (TPSA) is 58.3 Å². The molecule has 0 radical (unpaired) electrons. The van der Waals surface area contributed by atoms with Crippen LogP contribution in [-0.2, 0) is 0 Å². The fraction of sp³-hybridized carbons (Fsp3) is 0.118. The molecule has 1 aromatic heterocycles. The second-order valence-electron chi connectivity index (χ2n) is 5.12. The summed E-state index contributed by atoms with van der Waals surface area (Å²) in [6.07, 6.45) is 1.88. The highest BCUT2D eigenvalue weighted by molar-refractivity contribution is 5.60. The third-order valence-electron chi connectivity index (χ3n) is 3.49. The van der Waals surface area contributed by atoms with Gasteiger partial charge in [-0.1, -0.05) is 0 Å². The van der Waals surface area contributed by atoms with Crippen LogP contribution in [0.2, 0.25) is 0 Å².